The Hall–Kier alpha value is -2.41. The number of aryl methyl sites for hydroxylation is 2. The van der Waals surface area contributed by atoms with Crippen molar-refractivity contribution in [3.8, 4) is 5.75 Å². The fraction of sp³-hybridized carbons (Fsp3) is 0.412. The van der Waals surface area contributed by atoms with E-state index in [1.165, 1.54) is 6.07 Å². The zero-order valence-corrected chi connectivity index (χ0v) is 13.8. The number of aromatic nitrogens is 2. The summed E-state index contributed by atoms with van der Waals surface area (Å²) in [6.07, 6.45) is 3.57. The van der Waals surface area contributed by atoms with E-state index in [0.29, 0.717) is 19.6 Å². The van der Waals surface area contributed by atoms with Gasteiger partial charge in [-0.2, -0.15) is 0 Å². The molecule has 1 fully saturated rings. The fourth-order valence-corrected chi connectivity index (χ4v) is 2.88. The Morgan fingerprint density at radius 1 is 1.50 bits per heavy atom. The summed E-state index contributed by atoms with van der Waals surface area (Å²) >= 11 is 0. The number of nitrogens with one attached hydrogen (secondary N) is 1. The van der Waals surface area contributed by atoms with E-state index in [1.54, 1.807) is 23.2 Å². The zero-order chi connectivity index (χ0) is 17.1. The largest absolute Gasteiger partial charge is 0.481 e. The number of piperazine rings is 1. The van der Waals surface area contributed by atoms with E-state index in [2.05, 4.69) is 10.3 Å². The maximum absolute atomic E-state index is 13.7. The van der Waals surface area contributed by atoms with Crippen LogP contribution in [0, 0.1) is 12.7 Å². The lowest BCUT2D eigenvalue weighted by Crippen LogP contribution is -2.50. The molecule has 1 aromatic carbocycles. The van der Waals surface area contributed by atoms with E-state index in [-0.39, 0.29) is 24.3 Å². The van der Waals surface area contributed by atoms with Gasteiger partial charge in [-0.3, -0.25) is 4.79 Å². The molecule has 2 heterocycles. The van der Waals surface area contributed by atoms with Gasteiger partial charge in [-0.1, -0.05) is 6.07 Å². The van der Waals surface area contributed by atoms with E-state index < -0.39 is 5.82 Å². The highest BCUT2D eigenvalue weighted by Crippen LogP contribution is 2.22. The van der Waals surface area contributed by atoms with Crippen molar-refractivity contribution in [2.24, 2.45) is 7.05 Å². The molecule has 6 nitrogen and oxygen atoms in total. The number of benzene rings is 1. The molecule has 0 bridgehead atoms. The predicted octanol–water partition coefficient (Wildman–Crippen LogP) is 1.42. The number of halogens is 1. The number of imidazole rings is 1. The number of hydrogen-bond donors (Lipinski definition) is 1. The molecule has 3 rings (SSSR count). The number of rotatable bonds is 4. The van der Waals surface area contributed by atoms with Crippen molar-refractivity contribution in [3.63, 3.8) is 0 Å². The van der Waals surface area contributed by atoms with Gasteiger partial charge in [0.25, 0.3) is 5.91 Å². The van der Waals surface area contributed by atoms with Crippen LogP contribution in [-0.2, 0) is 11.8 Å². The third-order valence-electron chi connectivity index (χ3n) is 4.16. The summed E-state index contributed by atoms with van der Waals surface area (Å²) in [5.41, 5.74) is 0.881. The van der Waals surface area contributed by atoms with Crippen molar-refractivity contribution >= 4 is 5.91 Å². The second-order valence-electron chi connectivity index (χ2n) is 5.93. The van der Waals surface area contributed by atoms with Gasteiger partial charge in [0.1, 0.15) is 11.9 Å². The molecule has 24 heavy (non-hydrogen) atoms. The van der Waals surface area contributed by atoms with Crippen molar-refractivity contribution in [2.45, 2.75) is 13.0 Å². The van der Waals surface area contributed by atoms with Gasteiger partial charge in [0.15, 0.2) is 18.2 Å². The van der Waals surface area contributed by atoms with Gasteiger partial charge in [0, 0.05) is 39.1 Å². The van der Waals surface area contributed by atoms with Crippen LogP contribution >= 0.6 is 0 Å². The topological polar surface area (TPSA) is 59.4 Å². The molecule has 0 radical (unpaired) electrons. The highest BCUT2D eigenvalue weighted by Gasteiger charge is 2.30. The number of amides is 1. The maximum atomic E-state index is 13.7. The molecule has 1 aromatic heterocycles. The molecule has 1 amide bonds. The van der Waals surface area contributed by atoms with E-state index in [4.69, 9.17) is 4.74 Å². The second-order valence-corrected chi connectivity index (χ2v) is 5.93. The SMILES string of the molecule is Cc1ccc(F)c(OCC(=O)N2CCNC[C@H]2c2nccn2C)c1. The summed E-state index contributed by atoms with van der Waals surface area (Å²) in [6, 6.07) is 4.45. The van der Waals surface area contributed by atoms with Gasteiger partial charge in [0.05, 0.1) is 0 Å². The Bertz CT molecular complexity index is 731. The Morgan fingerprint density at radius 3 is 3.08 bits per heavy atom. The number of carbonyl (C=O) groups excluding carboxylic acids is 1. The van der Waals surface area contributed by atoms with Crippen LogP contribution in [0.2, 0.25) is 0 Å². The highest BCUT2D eigenvalue weighted by molar-refractivity contribution is 5.78. The number of carbonyl (C=O) groups is 1. The lowest BCUT2D eigenvalue weighted by atomic mass is 10.1. The van der Waals surface area contributed by atoms with Gasteiger partial charge in [-0.05, 0) is 24.6 Å². The van der Waals surface area contributed by atoms with Crippen LogP contribution in [0.1, 0.15) is 17.4 Å². The molecule has 1 atom stereocenters. The summed E-state index contributed by atoms with van der Waals surface area (Å²) in [4.78, 5) is 18.7. The molecule has 2 aromatic rings. The number of nitrogens with zero attached hydrogens (tertiary/aromatic N) is 3. The van der Waals surface area contributed by atoms with Gasteiger partial charge in [0.2, 0.25) is 0 Å². The summed E-state index contributed by atoms with van der Waals surface area (Å²) in [5, 5.41) is 3.28. The molecular weight excluding hydrogens is 311 g/mol. The minimum Gasteiger partial charge on any atom is -0.481 e. The predicted molar refractivity (Wildman–Crippen MR) is 87.2 cm³/mol. The minimum absolute atomic E-state index is 0.104. The van der Waals surface area contributed by atoms with Crippen LogP contribution in [0.25, 0.3) is 0 Å². The lowest BCUT2D eigenvalue weighted by molar-refractivity contribution is -0.137. The Kier molecular flexibility index (Phi) is 4.80. The lowest BCUT2D eigenvalue weighted by Gasteiger charge is -2.35. The van der Waals surface area contributed by atoms with Crippen molar-refractivity contribution in [2.75, 3.05) is 26.2 Å². The molecule has 0 saturated carbocycles. The monoisotopic (exact) mass is 332 g/mol. The van der Waals surface area contributed by atoms with Crippen LogP contribution in [0.15, 0.2) is 30.6 Å². The van der Waals surface area contributed by atoms with Crippen LogP contribution in [-0.4, -0.2) is 46.6 Å². The standard InChI is InChI=1S/C17H21FN4O2/c1-12-3-4-13(18)15(9-12)24-11-16(23)22-8-5-19-10-14(22)17-20-6-7-21(17)2/h3-4,6-7,9,14,19H,5,8,10-11H2,1-2H3/t14-/m0/s1. The van der Waals surface area contributed by atoms with Crippen LogP contribution < -0.4 is 10.1 Å². The average Bonchev–Trinajstić information content (AvgIpc) is 3.01. The molecule has 0 spiro atoms. The molecule has 1 N–H and O–H groups in total. The first-order chi connectivity index (χ1) is 11.6. The van der Waals surface area contributed by atoms with E-state index in [9.17, 15) is 9.18 Å². The third-order valence-corrected chi connectivity index (χ3v) is 4.16. The van der Waals surface area contributed by atoms with Crippen molar-refractivity contribution in [3.05, 3.63) is 47.8 Å². The summed E-state index contributed by atoms with van der Waals surface area (Å²) in [7, 11) is 1.90. The summed E-state index contributed by atoms with van der Waals surface area (Å²) in [6.45, 7) is 3.57. The first kappa shape index (κ1) is 16.4. The number of hydrogen-bond acceptors (Lipinski definition) is 4. The van der Waals surface area contributed by atoms with Crippen LogP contribution in [0.4, 0.5) is 4.39 Å². The van der Waals surface area contributed by atoms with Crippen LogP contribution in [0.3, 0.4) is 0 Å². The first-order valence-electron chi connectivity index (χ1n) is 7.92. The second kappa shape index (κ2) is 7.00. The third kappa shape index (κ3) is 3.41. The normalized spacial score (nSPS) is 17.8. The molecule has 1 saturated heterocycles. The Morgan fingerprint density at radius 2 is 2.33 bits per heavy atom. The molecule has 0 unspecified atom stereocenters. The quantitative estimate of drug-likeness (QED) is 0.920. The average molecular weight is 332 g/mol. The van der Waals surface area contributed by atoms with Gasteiger partial charge >= 0.3 is 0 Å². The fourth-order valence-electron chi connectivity index (χ4n) is 2.88. The molecule has 128 valence electrons. The van der Waals surface area contributed by atoms with Crippen molar-refractivity contribution in [1.29, 1.82) is 0 Å². The number of ether oxygens (including phenoxy) is 1. The summed E-state index contributed by atoms with van der Waals surface area (Å²) in [5.74, 6) is 0.282. The molecule has 0 aliphatic carbocycles. The highest BCUT2D eigenvalue weighted by atomic mass is 19.1. The van der Waals surface area contributed by atoms with Gasteiger partial charge in [-0.25, -0.2) is 9.37 Å². The maximum Gasteiger partial charge on any atom is 0.261 e. The minimum atomic E-state index is -0.464. The zero-order valence-electron chi connectivity index (χ0n) is 13.8. The van der Waals surface area contributed by atoms with Crippen molar-refractivity contribution in [1.82, 2.24) is 19.8 Å². The van der Waals surface area contributed by atoms with Crippen LogP contribution in [0.5, 0.6) is 5.75 Å². The first-order valence-corrected chi connectivity index (χ1v) is 7.92. The van der Waals surface area contributed by atoms with E-state index >= 15 is 0 Å². The van der Waals surface area contributed by atoms with E-state index in [0.717, 1.165) is 11.4 Å². The van der Waals surface area contributed by atoms with Crippen molar-refractivity contribution < 1.29 is 13.9 Å². The van der Waals surface area contributed by atoms with Gasteiger partial charge < -0.3 is 19.5 Å². The van der Waals surface area contributed by atoms with Gasteiger partial charge in [-0.15, -0.1) is 0 Å². The van der Waals surface area contributed by atoms with E-state index in [1.807, 2.05) is 24.7 Å². The Balaban J connectivity index is 1.70. The molecule has 1 aliphatic rings. The molecule has 7 heteroatoms. The molecular formula is C17H21FN4O2. The Labute approximate surface area is 140 Å². The summed E-state index contributed by atoms with van der Waals surface area (Å²) < 4.78 is 21.1. The smallest absolute Gasteiger partial charge is 0.261 e. The molecule has 1 aliphatic heterocycles.